The van der Waals surface area contributed by atoms with Crippen LogP contribution in [0.25, 0.3) is 0 Å². The van der Waals surface area contributed by atoms with Gasteiger partial charge in [-0.3, -0.25) is 9.59 Å². The molecule has 1 aromatic carbocycles. The molecule has 0 unspecified atom stereocenters. The van der Waals surface area contributed by atoms with Crippen LogP contribution in [0.1, 0.15) is 50.2 Å². The monoisotopic (exact) mass is 326 g/mol. The van der Waals surface area contributed by atoms with Gasteiger partial charge in [0.15, 0.2) is 5.78 Å². The molecule has 5 nitrogen and oxygen atoms in total. The number of aromatic nitrogens is 1. The standard InChI is InChI=1S/C19H22N2O3/c1-11-17(12(2)20-18(11)13(3)22)19(23)21-8-7-14-9-16(24-4)6-5-15(14)10-21/h5-6,9,20H,7-8,10H2,1-4H3. The Balaban J connectivity index is 1.88. The van der Waals surface area contributed by atoms with E-state index in [9.17, 15) is 9.59 Å². The van der Waals surface area contributed by atoms with Crippen molar-refractivity contribution in [2.45, 2.75) is 33.7 Å². The number of amides is 1. The molecule has 1 aliphatic heterocycles. The van der Waals surface area contributed by atoms with Crippen LogP contribution in [0.2, 0.25) is 0 Å². The zero-order chi connectivity index (χ0) is 17.4. The molecular formula is C19H22N2O3. The molecular weight excluding hydrogens is 304 g/mol. The molecule has 0 spiro atoms. The number of hydrogen-bond donors (Lipinski definition) is 1. The summed E-state index contributed by atoms with van der Waals surface area (Å²) in [6.07, 6.45) is 0.806. The fraction of sp³-hybridized carbons (Fsp3) is 0.368. The molecule has 1 amide bonds. The fourth-order valence-electron chi connectivity index (χ4n) is 3.41. The highest BCUT2D eigenvalue weighted by Crippen LogP contribution is 2.27. The molecule has 1 aromatic heterocycles. The molecule has 0 bridgehead atoms. The Morgan fingerprint density at radius 1 is 1.21 bits per heavy atom. The third-order valence-corrected chi connectivity index (χ3v) is 4.72. The summed E-state index contributed by atoms with van der Waals surface area (Å²) in [5, 5.41) is 0. The Kier molecular flexibility index (Phi) is 4.18. The first-order valence-corrected chi connectivity index (χ1v) is 8.07. The minimum atomic E-state index is -0.0502. The highest BCUT2D eigenvalue weighted by atomic mass is 16.5. The summed E-state index contributed by atoms with van der Waals surface area (Å²) in [6.45, 7) is 6.43. The lowest BCUT2D eigenvalue weighted by molar-refractivity contribution is 0.0733. The smallest absolute Gasteiger partial charge is 0.256 e. The molecule has 0 aliphatic carbocycles. The Morgan fingerprint density at radius 3 is 2.58 bits per heavy atom. The van der Waals surface area contributed by atoms with Crippen molar-refractivity contribution in [2.75, 3.05) is 13.7 Å². The molecule has 1 N–H and O–H groups in total. The maximum Gasteiger partial charge on any atom is 0.256 e. The van der Waals surface area contributed by atoms with Crippen molar-refractivity contribution in [3.63, 3.8) is 0 Å². The highest BCUT2D eigenvalue weighted by Gasteiger charge is 2.27. The summed E-state index contributed by atoms with van der Waals surface area (Å²) in [5.41, 5.74) is 5.02. The molecule has 2 aromatic rings. The molecule has 24 heavy (non-hydrogen) atoms. The van der Waals surface area contributed by atoms with Crippen molar-refractivity contribution in [1.82, 2.24) is 9.88 Å². The molecule has 0 fully saturated rings. The van der Waals surface area contributed by atoms with Gasteiger partial charge in [-0.2, -0.15) is 0 Å². The van der Waals surface area contributed by atoms with Crippen LogP contribution in [-0.4, -0.2) is 35.2 Å². The van der Waals surface area contributed by atoms with Crippen molar-refractivity contribution < 1.29 is 14.3 Å². The van der Waals surface area contributed by atoms with E-state index in [-0.39, 0.29) is 11.7 Å². The predicted octanol–water partition coefficient (Wildman–Crippen LogP) is 3.04. The van der Waals surface area contributed by atoms with E-state index < -0.39 is 0 Å². The molecule has 0 radical (unpaired) electrons. The average molecular weight is 326 g/mol. The lowest BCUT2D eigenvalue weighted by Crippen LogP contribution is -2.36. The average Bonchev–Trinajstić information content (AvgIpc) is 2.88. The van der Waals surface area contributed by atoms with E-state index in [2.05, 4.69) is 4.98 Å². The topological polar surface area (TPSA) is 62.4 Å². The lowest BCUT2D eigenvalue weighted by atomic mass is 9.98. The zero-order valence-electron chi connectivity index (χ0n) is 14.5. The van der Waals surface area contributed by atoms with Crippen LogP contribution in [0, 0.1) is 13.8 Å². The van der Waals surface area contributed by atoms with Crippen molar-refractivity contribution in [3.8, 4) is 5.75 Å². The van der Waals surface area contributed by atoms with Crippen molar-refractivity contribution in [2.24, 2.45) is 0 Å². The van der Waals surface area contributed by atoms with Gasteiger partial charge in [0.25, 0.3) is 5.91 Å². The van der Waals surface area contributed by atoms with Gasteiger partial charge in [0.05, 0.1) is 18.4 Å². The number of aromatic amines is 1. The van der Waals surface area contributed by atoms with Crippen molar-refractivity contribution >= 4 is 11.7 Å². The van der Waals surface area contributed by atoms with Crippen LogP contribution in [0.4, 0.5) is 0 Å². The summed E-state index contributed by atoms with van der Waals surface area (Å²) in [6, 6.07) is 5.98. The summed E-state index contributed by atoms with van der Waals surface area (Å²) in [4.78, 5) is 29.6. The Morgan fingerprint density at radius 2 is 1.96 bits per heavy atom. The molecule has 5 heteroatoms. The number of aryl methyl sites for hydroxylation is 1. The second kappa shape index (κ2) is 6.15. The number of ketones is 1. The minimum absolute atomic E-state index is 0.0183. The summed E-state index contributed by atoms with van der Waals surface area (Å²) < 4.78 is 5.26. The number of benzene rings is 1. The highest BCUT2D eigenvalue weighted by molar-refractivity contribution is 6.02. The Labute approximate surface area is 141 Å². The number of methoxy groups -OCH3 is 1. The summed E-state index contributed by atoms with van der Waals surface area (Å²) >= 11 is 0. The molecule has 1 aliphatic rings. The van der Waals surface area contributed by atoms with E-state index in [1.54, 1.807) is 7.11 Å². The number of ether oxygens (including phenoxy) is 1. The van der Waals surface area contributed by atoms with Gasteiger partial charge in [-0.1, -0.05) is 6.07 Å². The van der Waals surface area contributed by atoms with Crippen LogP contribution in [0.5, 0.6) is 5.75 Å². The van der Waals surface area contributed by atoms with Crippen molar-refractivity contribution in [3.05, 3.63) is 51.8 Å². The molecule has 0 saturated heterocycles. The van der Waals surface area contributed by atoms with Crippen LogP contribution in [0.3, 0.4) is 0 Å². The van der Waals surface area contributed by atoms with Gasteiger partial charge in [0.1, 0.15) is 5.75 Å². The van der Waals surface area contributed by atoms with Crippen molar-refractivity contribution in [1.29, 1.82) is 0 Å². The number of hydrogen-bond acceptors (Lipinski definition) is 3. The third kappa shape index (κ3) is 2.70. The van der Waals surface area contributed by atoms with E-state index in [0.717, 1.165) is 29.0 Å². The van der Waals surface area contributed by atoms with Crippen LogP contribution >= 0.6 is 0 Å². The van der Waals surface area contributed by atoms with Crippen LogP contribution in [0.15, 0.2) is 18.2 Å². The third-order valence-electron chi connectivity index (χ3n) is 4.72. The van der Waals surface area contributed by atoms with Crippen LogP contribution < -0.4 is 4.74 Å². The van der Waals surface area contributed by atoms with Gasteiger partial charge < -0.3 is 14.6 Å². The van der Waals surface area contributed by atoms with Gasteiger partial charge in [-0.25, -0.2) is 0 Å². The van der Waals surface area contributed by atoms with E-state index in [1.165, 1.54) is 12.5 Å². The number of H-pyrrole nitrogens is 1. The number of carbonyl (C=O) groups is 2. The second-order valence-corrected chi connectivity index (χ2v) is 6.29. The van der Waals surface area contributed by atoms with E-state index in [4.69, 9.17) is 4.74 Å². The first kappa shape index (κ1) is 16.3. The predicted molar refractivity (Wildman–Crippen MR) is 91.7 cm³/mol. The number of Topliss-reactive ketones (excluding diaryl/α,β-unsaturated/α-hetero) is 1. The number of nitrogens with zero attached hydrogens (tertiary/aromatic N) is 1. The number of carbonyl (C=O) groups excluding carboxylic acids is 2. The SMILES string of the molecule is COc1ccc2c(c1)CCN(C(=O)c1c(C)[nH]c(C(C)=O)c1C)C2. The van der Waals surface area contributed by atoms with Gasteiger partial charge in [-0.05, 0) is 49.1 Å². The summed E-state index contributed by atoms with van der Waals surface area (Å²) in [7, 11) is 1.66. The summed E-state index contributed by atoms with van der Waals surface area (Å²) in [5.74, 6) is 0.776. The fourth-order valence-corrected chi connectivity index (χ4v) is 3.41. The number of fused-ring (bicyclic) bond motifs is 1. The maximum absolute atomic E-state index is 13.0. The molecule has 0 saturated carbocycles. The number of rotatable bonds is 3. The molecule has 126 valence electrons. The Bertz CT molecular complexity index is 820. The largest absolute Gasteiger partial charge is 0.497 e. The first-order valence-electron chi connectivity index (χ1n) is 8.07. The lowest BCUT2D eigenvalue weighted by Gasteiger charge is -2.29. The minimum Gasteiger partial charge on any atom is -0.497 e. The molecule has 2 heterocycles. The normalized spacial score (nSPS) is 13.6. The maximum atomic E-state index is 13.0. The van der Waals surface area contributed by atoms with Crippen LogP contribution in [-0.2, 0) is 13.0 Å². The van der Waals surface area contributed by atoms with Gasteiger partial charge in [0.2, 0.25) is 0 Å². The second-order valence-electron chi connectivity index (χ2n) is 6.29. The van der Waals surface area contributed by atoms with Gasteiger partial charge >= 0.3 is 0 Å². The van der Waals surface area contributed by atoms with Gasteiger partial charge in [0, 0.05) is 25.7 Å². The first-order chi connectivity index (χ1) is 11.4. The van der Waals surface area contributed by atoms with Gasteiger partial charge in [-0.15, -0.1) is 0 Å². The Hall–Kier alpha value is -2.56. The van der Waals surface area contributed by atoms with E-state index >= 15 is 0 Å². The molecule has 0 atom stereocenters. The van der Waals surface area contributed by atoms with E-state index in [0.29, 0.717) is 24.3 Å². The quantitative estimate of drug-likeness (QED) is 0.882. The zero-order valence-corrected chi connectivity index (χ0v) is 14.5. The van der Waals surface area contributed by atoms with E-state index in [1.807, 2.05) is 36.9 Å². The number of nitrogens with one attached hydrogen (secondary N) is 1. The molecule has 3 rings (SSSR count).